The first-order valence-corrected chi connectivity index (χ1v) is 8.54. The molecule has 2 aromatic carbocycles. The molecule has 2 aromatic rings. The maximum Gasteiger partial charge on any atom is 0.229 e. The first kappa shape index (κ1) is 17.9. The molecule has 1 aliphatic heterocycles. The van der Waals surface area contributed by atoms with Crippen LogP contribution in [0.25, 0.3) is 0 Å². The van der Waals surface area contributed by atoms with Crippen LogP contribution in [0.2, 0.25) is 5.02 Å². The number of benzene rings is 2. The van der Waals surface area contributed by atoms with E-state index in [1.165, 1.54) is 6.92 Å². The fourth-order valence-corrected chi connectivity index (χ4v) is 3.08. The maximum atomic E-state index is 12.5. The fraction of sp³-hybridized carbons (Fsp3) is 0.211. The molecule has 0 aliphatic carbocycles. The number of amides is 3. The van der Waals surface area contributed by atoms with Crippen molar-refractivity contribution in [2.45, 2.75) is 13.3 Å². The summed E-state index contributed by atoms with van der Waals surface area (Å²) in [5.74, 6) is -0.986. The van der Waals surface area contributed by atoms with Gasteiger partial charge < -0.3 is 15.5 Å². The molecule has 134 valence electrons. The van der Waals surface area contributed by atoms with Gasteiger partial charge in [-0.3, -0.25) is 14.4 Å². The van der Waals surface area contributed by atoms with Crippen LogP contribution in [-0.4, -0.2) is 24.3 Å². The Hall–Kier alpha value is -2.86. The van der Waals surface area contributed by atoms with E-state index in [2.05, 4.69) is 10.6 Å². The molecule has 0 bridgehead atoms. The molecule has 2 N–H and O–H groups in total. The predicted octanol–water partition coefficient (Wildman–Crippen LogP) is 3.29. The number of anilines is 3. The number of nitrogens with one attached hydrogen (secondary N) is 2. The Bertz CT molecular complexity index is 869. The van der Waals surface area contributed by atoms with Crippen molar-refractivity contribution < 1.29 is 14.4 Å². The zero-order valence-corrected chi connectivity index (χ0v) is 14.9. The van der Waals surface area contributed by atoms with E-state index in [9.17, 15) is 14.4 Å². The number of carbonyl (C=O) groups excluding carboxylic acids is 3. The Balaban J connectivity index is 1.68. The molecule has 0 saturated carbocycles. The molecule has 3 rings (SSSR count). The molecule has 1 heterocycles. The highest BCUT2D eigenvalue weighted by atomic mass is 35.5. The lowest BCUT2D eigenvalue weighted by Gasteiger charge is -2.17. The van der Waals surface area contributed by atoms with Crippen LogP contribution < -0.4 is 15.5 Å². The Labute approximate surface area is 156 Å². The number of carbonyl (C=O) groups is 3. The third-order valence-electron chi connectivity index (χ3n) is 4.07. The van der Waals surface area contributed by atoms with Crippen molar-refractivity contribution in [2.24, 2.45) is 5.92 Å². The Morgan fingerprint density at radius 3 is 2.46 bits per heavy atom. The van der Waals surface area contributed by atoms with Gasteiger partial charge in [0.15, 0.2) is 0 Å². The minimum Gasteiger partial charge on any atom is -0.326 e. The number of halogens is 1. The third-order valence-corrected chi connectivity index (χ3v) is 4.30. The normalized spacial score (nSPS) is 16.5. The third kappa shape index (κ3) is 4.21. The first-order valence-electron chi connectivity index (χ1n) is 8.17. The van der Waals surface area contributed by atoms with Crippen molar-refractivity contribution >= 4 is 46.4 Å². The molecular formula is C19H18ClN3O3. The van der Waals surface area contributed by atoms with Crippen LogP contribution in [0.4, 0.5) is 17.1 Å². The summed E-state index contributed by atoms with van der Waals surface area (Å²) in [6.07, 6.45) is 0.143. The molecule has 0 spiro atoms. The molecule has 0 aromatic heterocycles. The van der Waals surface area contributed by atoms with Gasteiger partial charge in [0.05, 0.1) is 5.92 Å². The molecule has 0 radical (unpaired) electrons. The summed E-state index contributed by atoms with van der Waals surface area (Å²) in [6.45, 7) is 1.72. The summed E-state index contributed by atoms with van der Waals surface area (Å²) in [5, 5.41) is 6.01. The number of hydrogen-bond acceptors (Lipinski definition) is 3. The molecule has 0 unspecified atom stereocenters. The van der Waals surface area contributed by atoms with E-state index in [-0.39, 0.29) is 24.1 Å². The number of nitrogens with zero attached hydrogens (tertiary/aromatic N) is 1. The quantitative estimate of drug-likeness (QED) is 0.865. The molecule has 6 nitrogen and oxygen atoms in total. The monoisotopic (exact) mass is 371 g/mol. The second-order valence-electron chi connectivity index (χ2n) is 6.14. The lowest BCUT2D eigenvalue weighted by molar-refractivity contribution is -0.122. The van der Waals surface area contributed by atoms with E-state index in [0.717, 1.165) is 0 Å². The summed E-state index contributed by atoms with van der Waals surface area (Å²) < 4.78 is 0. The first-order chi connectivity index (χ1) is 12.4. The molecule has 26 heavy (non-hydrogen) atoms. The van der Waals surface area contributed by atoms with Crippen molar-refractivity contribution in [1.29, 1.82) is 0 Å². The van der Waals surface area contributed by atoms with Crippen LogP contribution in [-0.2, 0) is 14.4 Å². The zero-order chi connectivity index (χ0) is 18.7. The van der Waals surface area contributed by atoms with Gasteiger partial charge in [-0.2, -0.15) is 0 Å². The van der Waals surface area contributed by atoms with Gasteiger partial charge >= 0.3 is 0 Å². The summed E-state index contributed by atoms with van der Waals surface area (Å²) in [4.78, 5) is 37.5. The molecule has 1 aliphatic rings. The van der Waals surface area contributed by atoms with Crippen LogP contribution in [0.3, 0.4) is 0 Å². The second-order valence-corrected chi connectivity index (χ2v) is 6.57. The topological polar surface area (TPSA) is 78.5 Å². The Kier molecular flexibility index (Phi) is 5.23. The molecule has 7 heteroatoms. The van der Waals surface area contributed by atoms with Crippen molar-refractivity contribution in [1.82, 2.24) is 0 Å². The SMILES string of the molecule is CC(=O)Nc1cccc(NC(=O)[C@@H]2CC(=O)N(c3cccc(Cl)c3)C2)c1. The minimum atomic E-state index is -0.453. The lowest BCUT2D eigenvalue weighted by atomic mass is 10.1. The van der Waals surface area contributed by atoms with E-state index in [4.69, 9.17) is 11.6 Å². The summed E-state index contributed by atoms with van der Waals surface area (Å²) in [6, 6.07) is 13.9. The second kappa shape index (κ2) is 7.58. The van der Waals surface area contributed by atoms with E-state index in [1.54, 1.807) is 53.4 Å². The van der Waals surface area contributed by atoms with E-state index < -0.39 is 5.92 Å². The van der Waals surface area contributed by atoms with Gasteiger partial charge in [0.2, 0.25) is 17.7 Å². The van der Waals surface area contributed by atoms with Gasteiger partial charge in [0.25, 0.3) is 0 Å². The summed E-state index contributed by atoms with van der Waals surface area (Å²) in [7, 11) is 0. The predicted molar refractivity (Wildman–Crippen MR) is 101 cm³/mol. The molecule has 3 amide bonds. The van der Waals surface area contributed by atoms with Crippen LogP contribution >= 0.6 is 11.6 Å². The highest BCUT2D eigenvalue weighted by Crippen LogP contribution is 2.28. The van der Waals surface area contributed by atoms with Crippen molar-refractivity contribution in [3.8, 4) is 0 Å². The van der Waals surface area contributed by atoms with Gasteiger partial charge in [-0.15, -0.1) is 0 Å². The number of rotatable bonds is 4. The Morgan fingerprint density at radius 2 is 1.77 bits per heavy atom. The molecule has 1 saturated heterocycles. The number of hydrogen-bond donors (Lipinski definition) is 2. The summed E-state index contributed by atoms with van der Waals surface area (Å²) in [5.41, 5.74) is 1.85. The van der Waals surface area contributed by atoms with Crippen LogP contribution in [0.1, 0.15) is 13.3 Å². The molecular weight excluding hydrogens is 354 g/mol. The zero-order valence-electron chi connectivity index (χ0n) is 14.2. The lowest BCUT2D eigenvalue weighted by Crippen LogP contribution is -2.28. The van der Waals surface area contributed by atoms with Crippen molar-refractivity contribution in [3.63, 3.8) is 0 Å². The van der Waals surface area contributed by atoms with Crippen LogP contribution in [0.5, 0.6) is 0 Å². The van der Waals surface area contributed by atoms with Gasteiger partial charge in [-0.1, -0.05) is 23.7 Å². The van der Waals surface area contributed by atoms with E-state index >= 15 is 0 Å². The minimum absolute atomic E-state index is 0.112. The van der Waals surface area contributed by atoms with E-state index in [1.807, 2.05) is 0 Å². The van der Waals surface area contributed by atoms with Gasteiger partial charge in [0, 0.05) is 42.0 Å². The average molecular weight is 372 g/mol. The van der Waals surface area contributed by atoms with Crippen LogP contribution in [0.15, 0.2) is 48.5 Å². The highest BCUT2D eigenvalue weighted by Gasteiger charge is 2.35. The molecule has 1 fully saturated rings. The smallest absolute Gasteiger partial charge is 0.229 e. The highest BCUT2D eigenvalue weighted by molar-refractivity contribution is 6.31. The standard InChI is InChI=1S/C19H18ClN3O3/c1-12(24)21-15-5-3-6-16(10-15)22-19(26)13-8-18(25)23(11-13)17-7-2-4-14(20)9-17/h2-7,9-10,13H,8,11H2,1H3,(H,21,24)(H,22,26)/t13-/m1/s1. The maximum absolute atomic E-state index is 12.5. The van der Waals surface area contributed by atoms with Gasteiger partial charge in [-0.25, -0.2) is 0 Å². The van der Waals surface area contributed by atoms with Crippen molar-refractivity contribution in [3.05, 3.63) is 53.6 Å². The average Bonchev–Trinajstić information content (AvgIpc) is 2.96. The van der Waals surface area contributed by atoms with E-state index in [0.29, 0.717) is 28.6 Å². The Morgan fingerprint density at radius 1 is 1.08 bits per heavy atom. The summed E-state index contributed by atoms with van der Waals surface area (Å²) >= 11 is 5.98. The largest absolute Gasteiger partial charge is 0.326 e. The van der Waals surface area contributed by atoms with Gasteiger partial charge in [-0.05, 0) is 36.4 Å². The molecule has 1 atom stereocenters. The fourth-order valence-electron chi connectivity index (χ4n) is 2.90. The van der Waals surface area contributed by atoms with Crippen molar-refractivity contribution in [2.75, 3.05) is 22.1 Å². The van der Waals surface area contributed by atoms with Gasteiger partial charge in [0.1, 0.15) is 0 Å². The van der Waals surface area contributed by atoms with Crippen LogP contribution in [0, 0.1) is 5.92 Å².